The van der Waals surface area contributed by atoms with Crippen molar-refractivity contribution in [3.63, 3.8) is 0 Å². The van der Waals surface area contributed by atoms with Crippen molar-refractivity contribution in [2.24, 2.45) is 0 Å². The topological polar surface area (TPSA) is 76.2 Å². The van der Waals surface area contributed by atoms with Crippen LogP contribution in [0.15, 0.2) is 48.5 Å². The molecule has 204 valence electrons. The number of hydrogen-bond donors (Lipinski definition) is 0. The zero-order chi connectivity index (χ0) is 27.8. The zero-order valence-electron chi connectivity index (χ0n) is 22.4. The number of carbonyl (C=O) groups excluding carboxylic acids is 3. The highest BCUT2D eigenvalue weighted by Gasteiger charge is 2.52. The third-order valence-corrected chi connectivity index (χ3v) is 7.40. The van der Waals surface area contributed by atoms with Crippen LogP contribution in [0.2, 0.25) is 5.02 Å². The van der Waals surface area contributed by atoms with Crippen LogP contribution in [-0.2, 0) is 20.7 Å². The van der Waals surface area contributed by atoms with Gasteiger partial charge in [0.25, 0.3) is 0 Å². The number of hydrogen-bond acceptors (Lipinski definition) is 5. The largest absolute Gasteiger partial charge is 0.447 e. The average Bonchev–Trinajstić information content (AvgIpc) is 3.34. The molecule has 2 aromatic rings. The molecule has 2 heterocycles. The second-order valence-corrected chi connectivity index (χ2v) is 12.0. The fraction of sp³-hybridized carbons (Fsp3) is 0.483. The van der Waals surface area contributed by atoms with Gasteiger partial charge in [-0.3, -0.25) is 9.69 Å². The Morgan fingerprint density at radius 2 is 1.87 bits per heavy atom. The highest BCUT2D eigenvalue weighted by Crippen LogP contribution is 2.43. The smallest absolute Gasteiger partial charge is 0.417 e. The Balaban J connectivity index is 1.76. The number of rotatable bonds is 5. The summed E-state index contributed by atoms with van der Waals surface area (Å²) in [6, 6.07) is 12.4. The minimum absolute atomic E-state index is 0.0487. The Bertz CT molecular complexity index is 1210. The van der Waals surface area contributed by atoms with Gasteiger partial charge in [0, 0.05) is 5.54 Å². The maximum atomic E-state index is 14.7. The molecule has 0 aromatic heterocycles. The quantitative estimate of drug-likeness (QED) is 0.439. The van der Waals surface area contributed by atoms with Gasteiger partial charge in [-0.2, -0.15) is 0 Å². The van der Waals surface area contributed by atoms with E-state index in [1.165, 1.54) is 12.1 Å². The molecule has 0 unspecified atom stereocenters. The van der Waals surface area contributed by atoms with Gasteiger partial charge >= 0.3 is 12.2 Å². The average molecular weight is 545 g/mol. The van der Waals surface area contributed by atoms with E-state index in [1.54, 1.807) is 31.7 Å². The standard InChI is InChI=1S/C29H34ClFN2O5/c1-28(2,3)38-27(36)33-23(13-14-29(33,4)5)24(19-11-12-21(30)22(31)16-19)25(34)32-20(17-37-26(32)35)15-18-9-7-6-8-10-18/h6-12,16,20,23-24H,13-15,17H2,1-5H3/t20-,23+,24+/m1/s1. The molecule has 7 nitrogen and oxygen atoms in total. The highest BCUT2D eigenvalue weighted by atomic mass is 35.5. The summed E-state index contributed by atoms with van der Waals surface area (Å²) in [7, 11) is 0. The summed E-state index contributed by atoms with van der Waals surface area (Å²) in [5.74, 6) is -2.28. The lowest BCUT2D eigenvalue weighted by Gasteiger charge is -2.40. The van der Waals surface area contributed by atoms with Gasteiger partial charge in [-0.1, -0.05) is 48.0 Å². The van der Waals surface area contributed by atoms with E-state index in [2.05, 4.69) is 0 Å². The number of carbonyl (C=O) groups is 3. The second-order valence-electron chi connectivity index (χ2n) is 11.5. The minimum atomic E-state index is -1.04. The van der Waals surface area contributed by atoms with Crippen LogP contribution in [0.25, 0.3) is 0 Å². The van der Waals surface area contributed by atoms with Crippen LogP contribution >= 0.6 is 11.6 Å². The van der Waals surface area contributed by atoms with Gasteiger partial charge in [0.05, 0.1) is 23.0 Å². The van der Waals surface area contributed by atoms with E-state index in [-0.39, 0.29) is 11.6 Å². The van der Waals surface area contributed by atoms with E-state index in [9.17, 15) is 18.8 Å². The van der Waals surface area contributed by atoms with Crippen molar-refractivity contribution in [1.82, 2.24) is 9.80 Å². The molecule has 2 aliphatic rings. The minimum Gasteiger partial charge on any atom is -0.447 e. The van der Waals surface area contributed by atoms with E-state index in [0.717, 1.165) is 10.5 Å². The van der Waals surface area contributed by atoms with E-state index < -0.39 is 53.1 Å². The number of nitrogens with zero attached hydrogens (tertiary/aromatic N) is 2. The third-order valence-electron chi connectivity index (χ3n) is 7.09. The van der Waals surface area contributed by atoms with Crippen molar-refractivity contribution in [2.75, 3.05) is 6.61 Å². The molecule has 2 saturated heterocycles. The predicted molar refractivity (Wildman–Crippen MR) is 141 cm³/mol. The first-order valence-electron chi connectivity index (χ1n) is 12.8. The maximum absolute atomic E-state index is 14.7. The molecule has 3 atom stereocenters. The maximum Gasteiger partial charge on any atom is 0.417 e. The van der Waals surface area contributed by atoms with E-state index in [1.807, 2.05) is 44.2 Å². The van der Waals surface area contributed by atoms with Gasteiger partial charge in [0.2, 0.25) is 5.91 Å². The van der Waals surface area contributed by atoms with Gasteiger partial charge in [-0.25, -0.2) is 18.9 Å². The predicted octanol–water partition coefficient (Wildman–Crippen LogP) is 6.33. The molecule has 2 aliphatic heterocycles. The molecule has 2 aromatic carbocycles. The Labute approximate surface area is 227 Å². The summed E-state index contributed by atoms with van der Waals surface area (Å²) < 4.78 is 25.7. The lowest BCUT2D eigenvalue weighted by Crippen LogP contribution is -2.54. The van der Waals surface area contributed by atoms with Crippen molar-refractivity contribution in [1.29, 1.82) is 0 Å². The number of ether oxygens (including phenoxy) is 2. The van der Waals surface area contributed by atoms with Gasteiger partial charge < -0.3 is 9.47 Å². The molecule has 0 aliphatic carbocycles. The summed E-state index contributed by atoms with van der Waals surface area (Å²) in [5.41, 5.74) is -0.122. The summed E-state index contributed by atoms with van der Waals surface area (Å²) >= 11 is 5.96. The number of amides is 3. The summed E-state index contributed by atoms with van der Waals surface area (Å²) in [4.78, 5) is 43.3. The third kappa shape index (κ3) is 5.80. The van der Waals surface area contributed by atoms with Gasteiger partial charge in [0.1, 0.15) is 18.0 Å². The van der Waals surface area contributed by atoms with E-state index in [4.69, 9.17) is 21.1 Å². The van der Waals surface area contributed by atoms with Crippen LogP contribution in [0.5, 0.6) is 0 Å². The first kappa shape index (κ1) is 27.9. The molecule has 2 fully saturated rings. The molecule has 0 spiro atoms. The Hall–Kier alpha value is -3.13. The van der Waals surface area contributed by atoms with Gasteiger partial charge in [0.15, 0.2) is 0 Å². The summed E-state index contributed by atoms with van der Waals surface area (Å²) in [6.07, 6.45) is 0.137. The molecule has 0 bridgehead atoms. The van der Waals surface area contributed by atoms with E-state index >= 15 is 0 Å². The molecule has 38 heavy (non-hydrogen) atoms. The number of halogens is 2. The molecule has 0 N–H and O–H groups in total. The number of benzene rings is 2. The Morgan fingerprint density at radius 3 is 2.50 bits per heavy atom. The van der Waals surface area contributed by atoms with Crippen molar-refractivity contribution >= 4 is 29.7 Å². The zero-order valence-corrected chi connectivity index (χ0v) is 23.1. The molecule has 0 saturated carbocycles. The summed E-state index contributed by atoms with van der Waals surface area (Å²) in [6.45, 7) is 9.18. The normalized spacial score (nSPS) is 21.8. The fourth-order valence-corrected chi connectivity index (χ4v) is 5.48. The second kappa shape index (κ2) is 10.6. The van der Waals surface area contributed by atoms with Crippen LogP contribution in [-0.4, -0.2) is 57.7 Å². The molecule has 9 heteroatoms. The lowest BCUT2D eigenvalue weighted by molar-refractivity contribution is -0.132. The van der Waals surface area contributed by atoms with Crippen LogP contribution in [0.1, 0.15) is 64.5 Å². The SMILES string of the molecule is CC(C)(C)OC(=O)N1[C@H]([C@@H](C(=O)N2C(=O)OC[C@H]2Cc2ccccc2)c2ccc(Cl)c(F)c2)CCC1(C)C. The van der Waals surface area contributed by atoms with Crippen LogP contribution in [0.4, 0.5) is 14.0 Å². The molecular formula is C29H34ClFN2O5. The highest BCUT2D eigenvalue weighted by molar-refractivity contribution is 6.30. The van der Waals surface area contributed by atoms with Crippen molar-refractivity contribution in [3.8, 4) is 0 Å². The fourth-order valence-electron chi connectivity index (χ4n) is 5.36. The number of likely N-dealkylation sites (tertiary alicyclic amines) is 1. The summed E-state index contributed by atoms with van der Waals surface area (Å²) in [5, 5.41) is -0.0850. The Morgan fingerprint density at radius 1 is 1.18 bits per heavy atom. The first-order valence-corrected chi connectivity index (χ1v) is 13.2. The van der Waals surface area contributed by atoms with Crippen molar-refractivity contribution in [3.05, 3.63) is 70.5 Å². The van der Waals surface area contributed by atoms with E-state index in [0.29, 0.717) is 24.8 Å². The molecule has 3 amide bonds. The van der Waals surface area contributed by atoms with Gasteiger partial charge in [-0.15, -0.1) is 0 Å². The van der Waals surface area contributed by atoms with Crippen molar-refractivity contribution in [2.45, 2.75) is 83.0 Å². The van der Waals surface area contributed by atoms with Crippen LogP contribution in [0.3, 0.4) is 0 Å². The van der Waals surface area contributed by atoms with Crippen LogP contribution in [0, 0.1) is 5.82 Å². The van der Waals surface area contributed by atoms with Gasteiger partial charge in [-0.05, 0) is 77.1 Å². The first-order chi connectivity index (χ1) is 17.8. The number of cyclic esters (lactones) is 1. The molecular weight excluding hydrogens is 511 g/mol. The van der Waals surface area contributed by atoms with Crippen LogP contribution < -0.4 is 0 Å². The Kier molecular flexibility index (Phi) is 7.75. The lowest BCUT2D eigenvalue weighted by atomic mass is 9.87. The number of imide groups is 1. The molecule has 4 rings (SSSR count). The van der Waals surface area contributed by atoms with Crippen molar-refractivity contribution < 1.29 is 28.2 Å². The monoisotopic (exact) mass is 544 g/mol. The molecule has 0 radical (unpaired) electrons.